The van der Waals surface area contributed by atoms with E-state index in [9.17, 15) is 9.59 Å². The Labute approximate surface area is 154 Å². The molecule has 134 valence electrons. The van der Waals surface area contributed by atoms with Gasteiger partial charge in [-0.15, -0.1) is 11.8 Å². The zero-order chi connectivity index (χ0) is 17.8. The lowest BCUT2D eigenvalue weighted by molar-refractivity contribution is -0.132. The van der Waals surface area contributed by atoms with Crippen molar-refractivity contribution in [1.82, 2.24) is 0 Å². The molecule has 0 saturated heterocycles. The second-order valence-electron chi connectivity index (χ2n) is 8.93. The van der Waals surface area contributed by atoms with Crippen LogP contribution in [-0.2, 0) is 9.59 Å². The molecule has 0 N–H and O–H groups in total. The van der Waals surface area contributed by atoms with Crippen LogP contribution in [0.1, 0.15) is 65.2 Å². The zero-order valence-electron chi connectivity index (χ0n) is 15.3. The Morgan fingerprint density at radius 2 is 1.80 bits per heavy atom. The molecule has 0 spiro atoms. The number of carbonyl (C=O) groups excluding carboxylic acids is 2. The molecule has 4 aliphatic carbocycles. The number of carbonyl (C=O) groups is 2. The predicted molar refractivity (Wildman–Crippen MR) is 98.7 cm³/mol. The number of hydrogen-bond donors (Lipinski definition) is 0. The van der Waals surface area contributed by atoms with Gasteiger partial charge in [-0.2, -0.15) is 5.26 Å². The highest BCUT2D eigenvalue weighted by molar-refractivity contribution is 8.04. The number of hydrogen-bond acceptors (Lipinski definition) is 4. The van der Waals surface area contributed by atoms with Crippen molar-refractivity contribution in [3.63, 3.8) is 0 Å². The largest absolute Gasteiger partial charge is 0.299 e. The number of allylic oxidation sites excluding steroid dienone is 1. The van der Waals surface area contributed by atoms with Gasteiger partial charge in [0.15, 0.2) is 5.78 Å². The molecule has 4 aliphatic rings. The van der Waals surface area contributed by atoms with E-state index in [4.69, 9.17) is 5.26 Å². The van der Waals surface area contributed by atoms with E-state index in [2.05, 4.69) is 19.9 Å². The standard InChI is InChI=1S/C21H27NO2S/c1-20-10-8-17(23)19(25-12-11-22)16(20)4-3-13-14-5-6-18(24)21(14,2)9-7-15(13)20/h13-15H,3-10,12H2,1-2H3/t13-,14-,15+,20+,21-/m0/s1. The maximum atomic E-state index is 12.5. The molecule has 3 saturated carbocycles. The molecule has 4 rings (SSSR count). The first kappa shape index (κ1) is 17.3. The van der Waals surface area contributed by atoms with Gasteiger partial charge in [-0.3, -0.25) is 9.59 Å². The summed E-state index contributed by atoms with van der Waals surface area (Å²) in [5, 5.41) is 8.95. The molecule has 0 aromatic rings. The maximum absolute atomic E-state index is 12.5. The highest BCUT2D eigenvalue weighted by Gasteiger charge is 2.59. The summed E-state index contributed by atoms with van der Waals surface area (Å²) in [6.07, 6.45) is 7.66. The van der Waals surface area contributed by atoms with Gasteiger partial charge in [-0.25, -0.2) is 0 Å². The third-order valence-electron chi connectivity index (χ3n) is 8.06. The van der Waals surface area contributed by atoms with E-state index in [1.165, 1.54) is 17.3 Å². The molecule has 0 aromatic carbocycles. The minimum Gasteiger partial charge on any atom is -0.299 e. The van der Waals surface area contributed by atoms with E-state index >= 15 is 0 Å². The van der Waals surface area contributed by atoms with Crippen molar-refractivity contribution in [2.45, 2.75) is 65.2 Å². The molecular weight excluding hydrogens is 330 g/mol. The van der Waals surface area contributed by atoms with E-state index in [0.717, 1.165) is 49.9 Å². The summed E-state index contributed by atoms with van der Waals surface area (Å²) in [6.45, 7) is 4.59. The summed E-state index contributed by atoms with van der Waals surface area (Å²) >= 11 is 1.46. The van der Waals surface area contributed by atoms with Gasteiger partial charge >= 0.3 is 0 Å². The number of rotatable bonds is 2. The Kier molecular flexibility index (Phi) is 4.15. The minimum atomic E-state index is -0.0817. The molecule has 0 radical (unpaired) electrons. The van der Waals surface area contributed by atoms with Gasteiger partial charge in [-0.05, 0) is 67.3 Å². The highest BCUT2D eigenvalue weighted by atomic mass is 32.2. The van der Waals surface area contributed by atoms with Crippen LogP contribution in [-0.4, -0.2) is 17.3 Å². The van der Waals surface area contributed by atoms with Crippen LogP contribution in [0.5, 0.6) is 0 Å². The molecule has 5 atom stereocenters. The fourth-order valence-corrected chi connectivity index (χ4v) is 7.69. The van der Waals surface area contributed by atoms with Gasteiger partial charge in [0.05, 0.1) is 16.7 Å². The summed E-state index contributed by atoms with van der Waals surface area (Å²) in [6, 6.07) is 2.18. The van der Waals surface area contributed by atoms with Crippen LogP contribution in [0.2, 0.25) is 0 Å². The van der Waals surface area contributed by atoms with E-state index in [-0.39, 0.29) is 16.6 Å². The van der Waals surface area contributed by atoms with Gasteiger partial charge in [0.25, 0.3) is 0 Å². The summed E-state index contributed by atoms with van der Waals surface area (Å²) in [5.41, 5.74) is 1.36. The number of nitriles is 1. The van der Waals surface area contributed by atoms with Crippen LogP contribution < -0.4 is 0 Å². The Bertz CT molecular complexity index is 705. The van der Waals surface area contributed by atoms with E-state index in [0.29, 0.717) is 35.7 Å². The van der Waals surface area contributed by atoms with Crippen molar-refractivity contribution in [2.24, 2.45) is 28.6 Å². The Morgan fingerprint density at radius 3 is 2.56 bits per heavy atom. The molecule has 0 aromatic heterocycles. The zero-order valence-corrected chi connectivity index (χ0v) is 16.1. The Balaban J connectivity index is 1.70. The lowest BCUT2D eigenvalue weighted by Gasteiger charge is -2.57. The second kappa shape index (κ2) is 5.98. The molecule has 0 amide bonds. The lowest BCUT2D eigenvalue weighted by Crippen LogP contribution is -2.51. The van der Waals surface area contributed by atoms with E-state index < -0.39 is 0 Å². The number of fused-ring (bicyclic) bond motifs is 5. The maximum Gasteiger partial charge on any atom is 0.169 e. The molecule has 3 nitrogen and oxygen atoms in total. The van der Waals surface area contributed by atoms with Crippen LogP contribution in [0.25, 0.3) is 0 Å². The number of ketones is 2. The summed E-state index contributed by atoms with van der Waals surface area (Å²) in [7, 11) is 0. The number of thioether (sulfide) groups is 1. The Hall–Kier alpha value is -1.08. The summed E-state index contributed by atoms with van der Waals surface area (Å²) in [4.78, 5) is 25.9. The fourth-order valence-electron chi connectivity index (χ4n) is 6.71. The van der Waals surface area contributed by atoms with E-state index in [1.807, 2.05) is 0 Å². The fraction of sp³-hybridized carbons (Fsp3) is 0.762. The van der Waals surface area contributed by atoms with Crippen LogP contribution in [0, 0.1) is 39.9 Å². The minimum absolute atomic E-state index is 0.0817. The third kappa shape index (κ3) is 2.38. The van der Waals surface area contributed by atoms with Crippen LogP contribution in [0.3, 0.4) is 0 Å². The molecule has 0 heterocycles. The Morgan fingerprint density at radius 1 is 1.04 bits per heavy atom. The van der Waals surface area contributed by atoms with Gasteiger partial charge < -0.3 is 0 Å². The van der Waals surface area contributed by atoms with Crippen LogP contribution in [0.15, 0.2) is 10.5 Å². The van der Waals surface area contributed by atoms with Gasteiger partial charge in [0.2, 0.25) is 0 Å². The van der Waals surface area contributed by atoms with Crippen molar-refractivity contribution >= 4 is 23.3 Å². The summed E-state index contributed by atoms with van der Waals surface area (Å²) < 4.78 is 0. The average molecular weight is 358 g/mol. The third-order valence-corrected chi connectivity index (χ3v) is 9.10. The molecule has 4 heteroatoms. The van der Waals surface area contributed by atoms with Gasteiger partial charge in [0.1, 0.15) is 5.78 Å². The van der Waals surface area contributed by atoms with Crippen LogP contribution >= 0.6 is 11.8 Å². The van der Waals surface area contributed by atoms with Crippen molar-refractivity contribution in [3.05, 3.63) is 10.5 Å². The predicted octanol–water partition coefficient (Wildman–Crippen LogP) is 4.67. The second-order valence-corrected chi connectivity index (χ2v) is 9.91. The highest BCUT2D eigenvalue weighted by Crippen LogP contribution is 2.65. The smallest absolute Gasteiger partial charge is 0.169 e. The lowest BCUT2D eigenvalue weighted by atomic mass is 9.47. The van der Waals surface area contributed by atoms with Crippen molar-refractivity contribution in [1.29, 1.82) is 5.26 Å². The van der Waals surface area contributed by atoms with Gasteiger partial charge in [0, 0.05) is 18.3 Å². The quantitative estimate of drug-likeness (QED) is 0.720. The SMILES string of the molecule is C[C@]12CCC(=O)C(SCC#N)=C1CC[C@@H]1[C@H]2CC[C@]2(C)C(=O)CC[C@@H]12. The normalized spacial score (nSPS) is 43.3. The average Bonchev–Trinajstić information content (AvgIpc) is 2.90. The molecule has 0 aliphatic heterocycles. The molecule has 0 bridgehead atoms. The summed E-state index contributed by atoms with van der Waals surface area (Å²) in [5.74, 6) is 2.89. The van der Waals surface area contributed by atoms with Crippen molar-refractivity contribution < 1.29 is 9.59 Å². The molecule has 0 unspecified atom stereocenters. The first-order valence-electron chi connectivity index (χ1n) is 9.71. The monoisotopic (exact) mass is 357 g/mol. The van der Waals surface area contributed by atoms with Crippen molar-refractivity contribution in [2.75, 3.05) is 5.75 Å². The molecular formula is C21H27NO2S. The van der Waals surface area contributed by atoms with E-state index in [1.54, 1.807) is 0 Å². The number of nitrogens with zero attached hydrogens (tertiary/aromatic N) is 1. The first-order chi connectivity index (χ1) is 11.9. The van der Waals surface area contributed by atoms with Gasteiger partial charge in [-0.1, -0.05) is 13.8 Å². The first-order valence-corrected chi connectivity index (χ1v) is 10.7. The van der Waals surface area contributed by atoms with Crippen molar-refractivity contribution in [3.8, 4) is 6.07 Å². The number of Topliss-reactive ketones (excluding diaryl/α,β-unsaturated/α-hetero) is 2. The van der Waals surface area contributed by atoms with Crippen LogP contribution in [0.4, 0.5) is 0 Å². The topological polar surface area (TPSA) is 57.9 Å². The molecule has 25 heavy (non-hydrogen) atoms. The molecule has 3 fully saturated rings.